The Bertz CT molecular complexity index is 443. The predicted octanol–water partition coefficient (Wildman–Crippen LogP) is 1.61. The summed E-state index contributed by atoms with van der Waals surface area (Å²) in [7, 11) is 0. The van der Waals surface area contributed by atoms with Crippen LogP contribution in [0.5, 0.6) is 0 Å². The first-order valence-electron chi connectivity index (χ1n) is 4.87. The van der Waals surface area contributed by atoms with Crippen molar-refractivity contribution in [1.82, 2.24) is 4.90 Å². The molecular formula is C11H10N2O3. The average molecular weight is 218 g/mol. The second-order valence-corrected chi connectivity index (χ2v) is 3.49. The van der Waals surface area contributed by atoms with Crippen LogP contribution in [-0.4, -0.2) is 28.8 Å². The summed E-state index contributed by atoms with van der Waals surface area (Å²) in [5, 5.41) is 10.4. The van der Waals surface area contributed by atoms with Crippen LogP contribution in [-0.2, 0) is 0 Å². The molecule has 1 amide bonds. The molecule has 0 fully saturated rings. The van der Waals surface area contributed by atoms with E-state index in [4.69, 9.17) is 0 Å². The van der Waals surface area contributed by atoms with Gasteiger partial charge in [0.2, 0.25) is 0 Å². The molecule has 5 heteroatoms. The molecule has 0 saturated heterocycles. The molecule has 1 aromatic carbocycles. The Labute approximate surface area is 92.1 Å². The fourth-order valence-electron chi connectivity index (χ4n) is 1.55. The van der Waals surface area contributed by atoms with E-state index in [-0.39, 0.29) is 11.6 Å². The van der Waals surface area contributed by atoms with Crippen molar-refractivity contribution in [1.29, 1.82) is 0 Å². The molecule has 0 bridgehead atoms. The second-order valence-electron chi connectivity index (χ2n) is 3.49. The highest BCUT2D eigenvalue weighted by molar-refractivity contribution is 5.94. The Morgan fingerprint density at radius 3 is 2.25 bits per heavy atom. The lowest BCUT2D eigenvalue weighted by molar-refractivity contribution is -0.384. The van der Waals surface area contributed by atoms with Crippen molar-refractivity contribution >= 4 is 11.6 Å². The van der Waals surface area contributed by atoms with E-state index in [1.165, 1.54) is 24.3 Å². The van der Waals surface area contributed by atoms with Crippen molar-refractivity contribution in [3.8, 4) is 0 Å². The summed E-state index contributed by atoms with van der Waals surface area (Å²) >= 11 is 0. The lowest BCUT2D eigenvalue weighted by Gasteiger charge is -2.14. The first-order valence-corrected chi connectivity index (χ1v) is 4.87. The number of carbonyl (C=O) groups is 1. The maximum atomic E-state index is 11.8. The van der Waals surface area contributed by atoms with Gasteiger partial charge in [-0.1, -0.05) is 12.2 Å². The Hall–Kier alpha value is -2.17. The van der Waals surface area contributed by atoms with Gasteiger partial charge in [-0.25, -0.2) is 0 Å². The number of nitrogens with zero attached hydrogens (tertiary/aromatic N) is 2. The molecule has 0 atom stereocenters. The normalized spacial score (nSPS) is 14.1. The molecule has 1 aliphatic heterocycles. The highest BCUT2D eigenvalue weighted by Crippen LogP contribution is 2.14. The van der Waals surface area contributed by atoms with Crippen LogP contribution < -0.4 is 0 Å². The Balaban J connectivity index is 2.15. The van der Waals surface area contributed by atoms with Crippen LogP contribution in [0.1, 0.15) is 10.4 Å². The molecule has 5 nitrogen and oxygen atoms in total. The summed E-state index contributed by atoms with van der Waals surface area (Å²) in [4.78, 5) is 23.5. The van der Waals surface area contributed by atoms with Crippen LogP contribution >= 0.6 is 0 Å². The quantitative estimate of drug-likeness (QED) is 0.430. The van der Waals surface area contributed by atoms with Crippen LogP contribution in [0, 0.1) is 10.1 Å². The van der Waals surface area contributed by atoms with Gasteiger partial charge in [0.05, 0.1) is 4.92 Å². The van der Waals surface area contributed by atoms with E-state index in [0.29, 0.717) is 18.7 Å². The molecule has 16 heavy (non-hydrogen) atoms. The smallest absolute Gasteiger partial charge is 0.269 e. The van der Waals surface area contributed by atoms with Crippen molar-refractivity contribution in [3.63, 3.8) is 0 Å². The van der Waals surface area contributed by atoms with Crippen molar-refractivity contribution in [3.05, 3.63) is 52.1 Å². The Morgan fingerprint density at radius 2 is 1.75 bits per heavy atom. The number of hydrogen-bond donors (Lipinski definition) is 0. The van der Waals surface area contributed by atoms with Gasteiger partial charge in [-0.2, -0.15) is 0 Å². The van der Waals surface area contributed by atoms with Crippen LogP contribution in [0.2, 0.25) is 0 Å². The molecule has 2 rings (SSSR count). The zero-order valence-electron chi connectivity index (χ0n) is 8.50. The maximum absolute atomic E-state index is 11.8. The number of benzene rings is 1. The third-order valence-corrected chi connectivity index (χ3v) is 2.43. The largest absolute Gasteiger partial charge is 0.331 e. The number of nitro benzene ring substituents is 1. The lowest BCUT2D eigenvalue weighted by atomic mass is 10.2. The van der Waals surface area contributed by atoms with E-state index in [9.17, 15) is 14.9 Å². The molecule has 1 aliphatic rings. The molecular weight excluding hydrogens is 208 g/mol. The number of carbonyl (C=O) groups excluding carboxylic acids is 1. The number of rotatable bonds is 2. The van der Waals surface area contributed by atoms with E-state index < -0.39 is 4.92 Å². The summed E-state index contributed by atoms with van der Waals surface area (Å²) in [6.07, 6.45) is 3.84. The molecule has 0 saturated carbocycles. The summed E-state index contributed by atoms with van der Waals surface area (Å²) in [6, 6.07) is 5.66. The van der Waals surface area contributed by atoms with Gasteiger partial charge in [0, 0.05) is 30.8 Å². The monoisotopic (exact) mass is 218 g/mol. The third kappa shape index (κ3) is 1.93. The standard InChI is InChI=1S/C11H10N2O3/c14-11(12-7-1-2-8-12)9-3-5-10(6-4-9)13(15)16/h1-6H,7-8H2. The highest BCUT2D eigenvalue weighted by Gasteiger charge is 2.16. The molecule has 1 heterocycles. The zero-order valence-corrected chi connectivity index (χ0v) is 8.50. The van der Waals surface area contributed by atoms with Crippen molar-refractivity contribution in [2.45, 2.75) is 0 Å². The van der Waals surface area contributed by atoms with Crippen LogP contribution in [0.25, 0.3) is 0 Å². The van der Waals surface area contributed by atoms with Crippen LogP contribution in [0.15, 0.2) is 36.4 Å². The summed E-state index contributed by atoms with van der Waals surface area (Å²) in [6.45, 7) is 1.21. The van der Waals surface area contributed by atoms with Gasteiger partial charge in [0.25, 0.3) is 11.6 Å². The highest BCUT2D eigenvalue weighted by atomic mass is 16.6. The minimum atomic E-state index is -0.480. The molecule has 0 N–H and O–H groups in total. The predicted molar refractivity (Wildman–Crippen MR) is 58.1 cm³/mol. The Kier molecular flexibility index (Phi) is 2.68. The summed E-state index contributed by atoms with van der Waals surface area (Å²) < 4.78 is 0. The van der Waals surface area contributed by atoms with Gasteiger partial charge in [-0.15, -0.1) is 0 Å². The van der Waals surface area contributed by atoms with Crippen molar-refractivity contribution < 1.29 is 9.72 Å². The van der Waals surface area contributed by atoms with Crippen LogP contribution in [0.4, 0.5) is 5.69 Å². The maximum Gasteiger partial charge on any atom is 0.269 e. The minimum Gasteiger partial charge on any atom is -0.331 e. The molecule has 82 valence electrons. The SMILES string of the molecule is O=C(c1ccc([N+](=O)[O-])cc1)N1CC=CC1. The third-order valence-electron chi connectivity index (χ3n) is 2.43. The molecule has 0 radical (unpaired) electrons. The second kappa shape index (κ2) is 4.14. The lowest BCUT2D eigenvalue weighted by Crippen LogP contribution is -2.28. The van der Waals surface area contributed by atoms with E-state index >= 15 is 0 Å². The molecule has 0 unspecified atom stereocenters. The van der Waals surface area contributed by atoms with Gasteiger partial charge in [0.15, 0.2) is 0 Å². The minimum absolute atomic E-state index is 0.00361. The van der Waals surface area contributed by atoms with E-state index in [1.807, 2.05) is 12.2 Å². The van der Waals surface area contributed by atoms with Gasteiger partial charge in [-0.3, -0.25) is 14.9 Å². The topological polar surface area (TPSA) is 63.4 Å². The van der Waals surface area contributed by atoms with Gasteiger partial charge in [0.1, 0.15) is 0 Å². The number of hydrogen-bond acceptors (Lipinski definition) is 3. The fourth-order valence-corrected chi connectivity index (χ4v) is 1.55. The van der Waals surface area contributed by atoms with E-state index in [1.54, 1.807) is 4.90 Å². The first kappa shape index (κ1) is 10.4. The van der Waals surface area contributed by atoms with Gasteiger partial charge in [-0.05, 0) is 12.1 Å². The number of nitro groups is 1. The molecule has 0 spiro atoms. The molecule has 0 aromatic heterocycles. The fraction of sp³-hybridized carbons (Fsp3) is 0.182. The summed E-state index contributed by atoms with van der Waals surface area (Å²) in [5.41, 5.74) is 0.477. The Morgan fingerprint density at radius 1 is 1.19 bits per heavy atom. The number of amides is 1. The first-order chi connectivity index (χ1) is 7.68. The zero-order chi connectivity index (χ0) is 11.5. The van der Waals surface area contributed by atoms with Crippen LogP contribution in [0.3, 0.4) is 0 Å². The van der Waals surface area contributed by atoms with Crippen molar-refractivity contribution in [2.75, 3.05) is 13.1 Å². The van der Waals surface area contributed by atoms with E-state index in [0.717, 1.165) is 0 Å². The number of non-ortho nitro benzene ring substituents is 1. The molecule has 1 aromatic rings. The summed E-state index contributed by atoms with van der Waals surface area (Å²) in [5.74, 6) is -0.0973. The van der Waals surface area contributed by atoms with Gasteiger partial charge >= 0.3 is 0 Å². The van der Waals surface area contributed by atoms with Gasteiger partial charge < -0.3 is 4.90 Å². The van der Waals surface area contributed by atoms with E-state index in [2.05, 4.69) is 0 Å². The van der Waals surface area contributed by atoms with Crippen molar-refractivity contribution in [2.24, 2.45) is 0 Å². The molecule has 0 aliphatic carbocycles. The average Bonchev–Trinajstić information content (AvgIpc) is 2.81.